The average Bonchev–Trinajstić information content (AvgIpc) is 2.99. The minimum absolute atomic E-state index is 0.0337. The highest BCUT2D eigenvalue weighted by Crippen LogP contribution is 2.35. The van der Waals surface area contributed by atoms with Crippen molar-refractivity contribution in [3.05, 3.63) is 35.7 Å². The molecular formula is C12H11N5O3. The van der Waals surface area contributed by atoms with Crippen molar-refractivity contribution in [2.45, 2.75) is 12.3 Å². The van der Waals surface area contributed by atoms with Crippen molar-refractivity contribution >= 4 is 17.6 Å². The first-order valence-corrected chi connectivity index (χ1v) is 6.05. The topological polar surface area (TPSA) is 112 Å². The van der Waals surface area contributed by atoms with Crippen LogP contribution in [-0.2, 0) is 4.79 Å². The zero-order valence-corrected chi connectivity index (χ0v) is 10.4. The smallest absolute Gasteiger partial charge is 0.311 e. The number of hydrogen-bond acceptors (Lipinski definition) is 5. The molecule has 1 aromatic carbocycles. The number of carboxylic acids is 1. The standard InChI is InChI=1S/C12H11N5O3/c18-11(10-13-15-16-14-10)17-6-5-8(12(19)20)7-3-1-2-4-9(7)17/h1-4,8H,5-6H2,(H,19,20)(H,13,14,15,16). The number of H-pyrrole nitrogens is 1. The number of fused-ring (bicyclic) bond motifs is 1. The number of rotatable bonds is 2. The quantitative estimate of drug-likeness (QED) is 0.820. The van der Waals surface area contributed by atoms with Gasteiger partial charge in [0, 0.05) is 12.2 Å². The number of aromatic amines is 1. The Balaban J connectivity index is 2.01. The van der Waals surface area contributed by atoms with Gasteiger partial charge in [-0.1, -0.05) is 18.2 Å². The van der Waals surface area contributed by atoms with Crippen LogP contribution >= 0.6 is 0 Å². The Morgan fingerprint density at radius 1 is 1.35 bits per heavy atom. The van der Waals surface area contributed by atoms with Crippen LogP contribution in [-0.4, -0.2) is 44.2 Å². The van der Waals surface area contributed by atoms with Crippen molar-refractivity contribution in [3.8, 4) is 0 Å². The van der Waals surface area contributed by atoms with Gasteiger partial charge in [0.15, 0.2) is 0 Å². The molecule has 1 unspecified atom stereocenters. The molecule has 3 rings (SSSR count). The molecule has 0 saturated carbocycles. The Labute approximate surface area is 113 Å². The lowest BCUT2D eigenvalue weighted by atomic mass is 9.90. The van der Waals surface area contributed by atoms with Gasteiger partial charge in [0.05, 0.1) is 5.92 Å². The number of para-hydroxylation sites is 1. The van der Waals surface area contributed by atoms with E-state index in [9.17, 15) is 14.7 Å². The van der Waals surface area contributed by atoms with Crippen molar-refractivity contribution in [1.82, 2.24) is 20.6 Å². The molecule has 0 aliphatic carbocycles. The summed E-state index contributed by atoms with van der Waals surface area (Å²) >= 11 is 0. The number of carbonyl (C=O) groups excluding carboxylic acids is 1. The molecule has 0 bridgehead atoms. The summed E-state index contributed by atoms with van der Waals surface area (Å²) in [7, 11) is 0. The van der Waals surface area contributed by atoms with Gasteiger partial charge in [-0.05, 0) is 23.3 Å². The summed E-state index contributed by atoms with van der Waals surface area (Å²) < 4.78 is 0. The highest BCUT2D eigenvalue weighted by molar-refractivity contribution is 6.04. The van der Waals surface area contributed by atoms with E-state index in [0.29, 0.717) is 24.2 Å². The molecule has 0 fully saturated rings. The Bertz CT molecular complexity index is 655. The first-order valence-electron chi connectivity index (χ1n) is 6.05. The number of aliphatic carboxylic acids is 1. The average molecular weight is 273 g/mol. The maximum atomic E-state index is 12.3. The predicted molar refractivity (Wildman–Crippen MR) is 67.3 cm³/mol. The van der Waals surface area contributed by atoms with E-state index in [1.54, 1.807) is 24.3 Å². The molecule has 0 radical (unpaired) electrons. The predicted octanol–water partition coefficient (Wildman–Crippen LogP) is 0.418. The number of benzene rings is 1. The van der Waals surface area contributed by atoms with Crippen LogP contribution in [0.5, 0.6) is 0 Å². The lowest BCUT2D eigenvalue weighted by molar-refractivity contribution is -0.139. The summed E-state index contributed by atoms with van der Waals surface area (Å²) in [6.07, 6.45) is 0.357. The molecule has 2 N–H and O–H groups in total. The van der Waals surface area contributed by atoms with E-state index in [4.69, 9.17) is 0 Å². The van der Waals surface area contributed by atoms with E-state index in [2.05, 4.69) is 20.6 Å². The van der Waals surface area contributed by atoms with Crippen LogP contribution in [0.4, 0.5) is 5.69 Å². The van der Waals surface area contributed by atoms with Gasteiger partial charge in [-0.2, -0.15) is 5.21 Å². The zero-order chi connectivity index (χ0) is 14.1. The largest absolute Gasteiger partial charge is 0.481 e. The van der Waals surface area contributed by atoms with E-state index in [-0.39, 0.29) is 5.82 Å². The number of aromatic nitrogens is 4. The van der Waals surface area contributed by atoms with Crippen molar-refractivity contribution < 1.29 is 14.7 Å². The molecule has 8 heteroatoms. The second-order valence-electron chi connectivity index (χ2n) is 4.43. The molecule has 1 atom stereocenters. The van der Waals surface area contributed by atoms with Crippen molar-refractivity contribution in [2.24, 2.45) is 0 Å². The maximum absolute atomic E-state index is 12.3. The van der Waals surface area contributed by atoms with Gasteiger partial charge in [0.2, 0.25) is 0 Å². The number of carboxylic acid groups (broad SMARTS) is 1. The number of carbonyl (C=O) groups is 2. The first kappa shape index (κ1) is 12.3. The monoisotopic (exact) mass is 273 g/mol. The van der Waals surface area contributed by atoms with Gasteiger partial charge in [-0.25, -0.2) is 0 Å². The van der Waals surface area contributed by atoms with Crippen LogP contribution in [0.25, 0.3) is 0 Å². The molecule has 0 spiro atoms. The Morgan fingerprint density at radius 2 is 2.15 bits per heavy atom. The highest BCUT2D eigenvalue weighted by Gasteiger charge is 2.33. The van der Waals surface area contributed by atoms with Crippen LogP contribution in [0.2, 0.25) is 0 Å². The second-order valence-corrected chi connectivity index (χ2v) is 4.43. The number of hydrogen-bond donors (Lipinski definition) is 2. The summed E-state index contributed by atoms with van der Waals surface area (Å²) in [6, 6.07) is 6.98. The van der Waals surface area contributed by atoms with Crippen molar-refractivity contribution in [3.63, 3.8) is 0 Å². The van der Waals surface area contributed by atoms with E-state index in [1.165, 1.54) is 4.90 Å². The second kappa shape index (κ2) is 4.72. The zero-order valence-electron chi connectivity index (χ0n) is 10.4. The van der Waals surface area contributed by atoms with Crippen LogP contribution in [0.1, 0.15) is 28.5 Å². The summed E-state index contributed by atoms with van der Waals surface area (Å²) in [5.41, 5.74) is 1.21. The van der Waals surface area contributed by atoms with Crippen LogP contribution in [0.15, 0.2) is 24.3 Å². The van der Waals surface area contributed by atoms with Crippen molar-refractivity contribution in [1.29, 1.82) is 0 Å². The van der Waals surface area contributed by atoms with Crippen LogP contribution in [0.3, 0.4) is 0 Å². The summed E-state index contributed by atoms with van der Waals surface area (Å²) in [5.74, 6) is -1.91. The third-order valence-electron chi connectivity index (χ3n) is 3.32. The molecule has 102 valence electrons. The van der Waals surface area contributed by atoms with E-state index < -0.39 is 17.8 Å². The van der Waals surface area contributed by atoms with E-state index >= 15 is 0 Å². The van der Waals surface area contributed by atoms with Gasteiger partial charge < -0.3 is 10.0 Å². The van der Waals surface area contributed by atoms with Gasteiger partial charge >= 0.3 is 5.97 Å². The third-order valence-corrected chi connectivity index (χ3v) is 3.32. The molecule has 1 amide bonds. The molecule has 1 aliphatic heterocycles. The summed E-state index contributed by atoms with van der Waals surface area (Å²) in [5, 5.41) is 22.2. The summed E-state index contributed by atoms with van der Waals surface area (Å²) in [4.78, 5) is 25.1. The number of anilines is 1. The molecule has 2 aromatic rings. The molecule has 2 heterocycles. The van der Waals surface area contributed by atoms with Crippen molar-refractivity contribution in [2.75, 3.05) is 11.4 Å². The van der Waals surface area contributed by atoms with Gasteiger partial charge in [-0.3, -0.25) is 9.59 Å². The van der Waals surface area contributed by atoms with E-state index in [1.807, 2.05) is 0 Å². The number of nitrogens with one attached hydrogen (secondary N) is 1. The molecule has 1 aliphatic rings. The lowest BCUT2D eigenvalue weighted by Crippen LogP contribution is -2.38. The van der Waals surface area contributed by atoms with Gasteiger partial charge in [-0.15, -0.1) is 10.2 Å². The minimum atomic E-state index is -0.885. The molecule has 20 heavy (non-hydrogen) atoms. The summed E-state index contributed by atoms with van der Waals surface area (Å²) in [6.45, 7) is 0.307. The molecular weight excluding hydrogens is 262 g/mol. The Kier molecular flexibility index (Phi) is 2.90. The number of amides is 1. The lowest BCUT2D eigenvalue weighted by Gasteiger charge is -2.31. The Hall–Kier alpha value is -2.77. The SMILES string of the molecule is O=C(O)C1CCN(C(=O)c2nn[nH]n2)c2ccccc21. The minimum Gasteiger partial charge on any atom is -0.481 e. The fourth-order valence-electron chi connectivity index (χ4n) is 2.40. The molecule has 0 saturated heterocycles. The Morgan fingerprint density at radius 3 is 2.85 bits per heavy atom. The maximum Gasteiger partial charge on any atom is 0.311 e. The van der Waals surface area contributed by atoms with Gasteiger partial charge in [0.25, 0.3) is 11.7 Å². The normalized spacial score (nSPS) is 17.6. The van der Waals surface area contributed by atoms with Gasteiger partial charge in [0.1, 0.15) is 0 Å². The fourth-order valence-corrected chi connectivity index (χ4v) is 2.40. The first-order chi connectivity index (χ1) is 9.68. The number of nitrogens with zero attached hydrogens (tertiary/aromatic N) is 4. The molecule has 8 nitrogen and oxygen atoms in total. The number of tetrazole rings is 1. The highest BCUT2D eigenvalue weighted by atomic mass is 16.4. The molecule has 1 aromatic heterocycles. The van der Waals surface area contributed by atoms with Crippen LogP contribution in [0, 0.1) is 0 Å². The third kappa shape index (κ3) is 1.91. The van der Waals surface area contributed by atoms with Crippen LogP contribution < -0.4 is 4.90 Å². The fraction of sp³-hybridized carbons (Fsp3) is 0.250. The van der Waals surface area contributed by atoms with E-state index in [0.717, 1.165) is 0 Å².